The smallest absolute Gasteiger partial charge is 0.338 e. The van der Waals surface area contributed by atoms with Crippen LogP contribution in [0.3, 0.4) is 0 Å². The SMILES string of the molecule is CCCCCCOC(=O)c1ccc(NC(c2cccs2)c2ccc3cccnc3c2O)cc1. The van der Waals surface area contributed by atoms with E-state index in [0.29, 0.717) is 17.7 Å². The number of anilines is 1. The zero-order valence-corrected chi connectivity index (χ0v) is 19.5. The Bertz CT molecular complexity index is 1190. The molecule has 0 radical (unpaired) electrons. The maximum atomic E-state index is 12.3. The minimum Gasteiger partial charge on any atom is -0.505 e. The summed E-state index contributed by atoms with van der Waals surface area (Å²) in [6.45, 7) is 2.61. The third kappa shape index (κ3) is 5.52. The fourth-order valence-electron chi connectivity index (χ4n) is 3.78. The number of hydrogen-bond donors (Lipinski definition) is 2. The molecule has 4 rings (SSSR count). The maximum absolute atomic E-state index is 12.3. The lowest BCUT2D eigenvalue weighted by atomic mass is 10.0. The first-order valence-corrected chi connectivity index (χ1v) is 12.2. The molecule has 5 nitrogen and oxygen atoms in total. The number of rotatable bonds is 10. The van der Waals surface area contributed by atoms with E-state index in [1.165, 1.54) is 0 Å². The molecule has 33 heavy (non-hydrogen) atoms. The van der Waals surface area contributed by atoms with E-state index in [2.05, 4.69) is 17.2 Å². The second-order valence-electron chi connectivity index (χ2n) is 7.95. The second kappa shape index (κ2) is 11.0. The fraction of sp³-hybridized carbons (Fsp3) is 0.259. The van der Waals surface area contributed by atoms with E-state index >= 15 is 0 Å². The van der Waals surface area contributed by atoms with Gasteiger partial charge in [0.05, 0.1) is 18.2 Å². The number of fused-ring (bicyclic) bond motifs is 1. The van der Waals surface area contributed by atoms with Gasteiger partial charge in [-0.1, -0.05) is 50.5 Å². The first-order chi connectivity index (χ1) is 16.2. The molecule has 0 amide bonds. The minimum atomic E-state index is -0.300. The summed E-state index contributed by atoms with van der Waals surface area (Å²) in [6.07, 6.45) is 5.97. The van der Waals surface area contributed by atoms with Crippen molar-refractivity contribution < 1.29 is 14.6 Å². The molecule has 0 bridgehead atoms. The van der Waals surface area contributed by atoms with Gasteiger partial charge in [-0.3, -0.25) is 4.98 Å². The van der Waals surface area contributed by atoms with Crippen LogP contribution in [0.2, 0.25) is 0 Å². The van der Waals surface area contributed by atoms with Crippen LogP contribution in [-0.4, -0.2) is 22.7 Å². The van der Waals surface area contributed by atoms with Gasteiger partial charge in [0, 0.05) is 27.7 Å². The van der Waals surface area contributed by atoms with E-state index < -0.39 is 0 Å². The van der Waals surface area contributed by atoms with Gasteiger partial charge in [0.15, 0.2) is 0 Å². The van der Waals surface area contributed by atoms with Crippen LogP contribution >= 0.6 is 11.3 Å². The number of nitrogens with one attached hydrogen (secondary N) is 1. The number of pyridine rings is 1. The van der Waals surface area contributed by atoms with Crippen LogP contribution in [0, 0.1) is 0 Å². The molecule has 2 N–H and O–H groups in total. The number of hydrogen-bond acceptors (Lipinski definition) is 6. The van der Waals surface area contributed by atoms with Crippen LogP contribution in [0.4, 0.5) is 5.69 Å². The lowest BCUT2D eigenvalue weighted by Crippen LogP contribution is -2.12. The van der Waals surface area contributed by atoms with Gasteiger partial charge in [-0.05, 0) is 48.2 Å². The zero-order chi connectivity index (χ0) is 23.0. The lowest BCUT2D eigenvalue weighted by molar-refractivity contribution is 0.0498. The molecule has 0 aliphatic carbocycles. The molecule has 4 aromatic rings. The molecular weight excluding hydrogens is 432 g/mol. The monoisotopic (exact) mass is 460 g/mol. The number of thiophene rings is 1. The van der Waals surface area contributed by atoms with Crippen molar-refractivity contribution >= 4 is 33.9 Å². The molecule has 0 spiro atoms. The highest BCUT2D eigenvalue weighted by Gasteiger charge is 2.21. The lowest BCUT2D eigenvalue weighted by Gasteiger charge is -2.21. The number of ether oxygens (including phenoxy) is 1. The van der Waals surface area contributed by atoms with Crippen LogP contribution in [0.5, 0.6) is 5.75 Å². The zero-order valence-electron chi connectivity index (χ0n) is 18.7. The van der Waals surface area contributed by atoms with E-state index in [1.807, 2.05) is 53.9 Å². The van der Waals surface area contributed by atoms with Gasteiger partial charge in [-0.25, -0.2) is 4.79 Å². The molecule has 0 aliphatic heterocycles. The summed E-state index contributed by atoms with van der Waals surface area (Å²) in [5.41, 5.74) is 2.70. The van der Waals surface area contributed by atoms with Gasteiger partial charge in [-0.15, -0.1) is 11.3 Å². The number of phenolic OH excluding ortho intramolecular Hbond substituents is 1. The Balaban J connectivity index is 1.51. The van der Waals surface area contributed by atoms with Gasteiger partial charge in [-0.2, -0.15) is 0 Å². The summed E-state index contributed by atoms with van der Waals surface area (Å²) in [6, 6.07) is 18.7. The Labute approximate surface area is 198 Å². The molecular formula is C27H28N2O3S. The number of carbonyl (C=O) groups excluding carboxylic acids is 1. The van der Waals surface area contributed by atoms with Crippen molar-refractivity contribution in [3.05, 3.63) is 88.2 Å². The highest BCUT2D eigenvalue weighted by Crippen LogP contribution is 2.37. The highest BCUT2D eigenvalue weighted by atomic mass is 32.1. The Morgan fingerprint density at radius 3 is 2.67 bits per heavy atom. The van der Waals surface area contributed by atoms with Crippen LogP contribution in [0.25, 0.3) is 10.9 Å². The van der Waals surface area contributed by atoms with Gasteiger partial charge in [0.25, 0.3) is 0 Å². The molecule has 1 atom stereocenters. The van der Waals surface area contributed by atoms with E-state index in [0.717, 1.165) is 47.2 Å². The molecule has 2 heterocycles. The summed E-state index contributed by atoms with van der Waals surface area (Å²) in [5.74, 6) is -0.131. The molecule has 0 fully saturated rings. The van der Waals surface area contributed by atoms with Crippen molar-refractivity contribution in [1.82, 2.24) is 4.98 Å². The summed E-state index contributed by atoms with van der Waals surface area (Å²) >= 11 is 1.61. The topological polar surface area (TPSA) is 71.5 Å². The highest BCUT2D eigenvalue weighted by molar-refractivity contribution is 7.10. The van der Waals surface area contributed by atoms with E-state index in [9.17, 15) is 9.90 Å². The third-order valence-corrected chi connectivity index (χ3v) is 6.52. The van der Waals surface area contributed by atoms with E-state index in [4.69, 9.17) is 4.74 Å². The standard InChI is InChI=1S/C27H28N2O3S/c1-2-3-4-5-17-32-27(31)20-10-13-21(14-11-20)29-25(23-9-7-18-33-23)22-15-12-19-8-6-16-28-24(19)26(22)30/h6-16,18,25,29-30H,2-5,17H2,1H3. The quantitative estimate of drug-likeness (QED) is 0.198. The van der Waals surface area contributed by atoms with E-state index in [1.54, 1.807) is 29.7 Å². The molecule has 0 saturated carbocycles. The van der Waals surface area contributed by atoms with Gasteiger partial charge in [0.2, 0.25) is 0 Å². The molecule has 0 aliphatic rings. The normalized spacial score (nSPS) is 11.9. The molecule has 0 saturated heterocycles. The first-order valence-electron chi connectivity index (χ1n) is 11.3. The molecule has 2 aromatic heterocycles. The van der Waals surface area contributed by atoms with Crippen molar-refractivity contribution in [3.63, 3.8) is 0 Å². The van der Waals surface area contributed by atoms with Crippen molar-refractivity contribution in [2.45, 2.75) is 38.6 Å². The van der Waals surface area contributed by atoms with Crippen LogP contribution in [0.15, 0.2) is 72.2 Å². The average Bonchev–Trinajstić information content (AvgIpc) is 3.38. The summed E-state index contributed by atoms with van der Waals surface area (Å²) in [7, 11) is 0. The molecule has 170 valence electrons. The Morgan fingerprint density at radius 2 is 1.91 bits per heavy atom. The number of aromatic hydroxyl groups is 1. The van der Waals surface area contributed by atoms with Crippen molar-refractivity contribution in [1.29, 1.82) is 0 Å². The number of unbranched alkanes of at least 4 members (excludes halogenated alkanes) is 3. The van der Waals surface area contributed by atoms with Crippen molar-refractivity contribution in [2.75, 3.05) is 11.9 Å². The minimum absolute atomic E-state index is 0.169. The summed E-state index contributed by atoms with van der Waals surface area (Å²) in [5, 5.41) is 17.4. The number of esters is 1. The third-order valence-electron chi connectivity index (χ3n) is 5.58. The second-order valence-corrected chi connectivity index (χ2v) is 8.92. The Morgan fingerprint density at radius 1 is 1.06 bits per heavy atom. The molecule has 6 heteroatoms. The summed E-state index contributed by atoms with van der Waals surface area (Å²) in [4.78, 5) is 17.7. The number of nitrogens with zero attached hydrogens (tertiary/aromatic N) is 1. The predicted molar refractivity (Wildman–Crippen MR) is 134 cm³/mol. The number of carbonyl (C=O) groups is 1. The van der Waals surface area contributed by atoms with Crippen LogP contribution in [-0.2, 0) is 4.74 Å². The van der Waals surface area contributed by atoms with Crippen LogP contribution < -0.4 is 5.32 Å². The summed E-state index contributed by atoms with van der Waals surface area (Å²) < 4.78 is 5.38. The average molecular weight is 461 g/mol. The molecule has 1 unspecified atom stereocenters. The van der Waals surface area contributed by atoms with Crippen molar-refractivity contribution in [3.8, 4) is 5.75 Å². The van der Waals surface area contributed by atoms with Gasteiger partial charge < -0.3 is 15.2 Å². The van der Waals surface area contributed by atoms with Gasteiger partial charge >= 0.3 is 5.97 Å². The largest absolute Gasteiger partial charge is 0.505 e. The van der Waals surface area contributed by atoms with E-state index in [-0.39, 0.29) is 17.8 Å². The van der Waals surface area contributed by atoms with Gasteiger partial charge in [0.1, 0.15) is 11.3 Å². The predicted octanol–water partition coefficient (Wildman–Crippen LogP) is 6.94. The first kappa shape index (κ1) is 22.8. The maximum Gasteiger partial charge on any atom is 0.338 e. The number of benzene rings is 2. The number of phenols is 1. The Hall–Kier alpha value is -3.38. The van der Waals surface area contributed by atoms with Crippen LogP contribution in [0.1, 0.15) is 59.4 Å². The fourth-order valence-corrected chi connectivity index (χ4v) is 4.58. The molecule has 2 aromatic carbocycles. The Kier molecular flexibility index (Phi) is 7.58. The van der Waals surface area contributed by atoms with Crippen molar-refractivity contribution in [2.24, 2.45) is 0 Å². The number of aromatic nitrogens is 1.